The lowest BCUT2D eigenvalue weighted by molar-refractivity contribution is 0.0942. The molecule has 2 rings (SSSR count). The zero-order valence-corrected chi connectivity index (χ0v) is 13.9. The van der Waals surface area contributed by atoms with E-state index in [0.717, 1.165) is 28.8 Å². The Morgan fingerprint density at radius 2 is 2.05 bits per heavy atom. The molecule has 0 bridgehead atoms. The smallest absolute Gasteiger partial charge is 0.263 e. The molecule has 5 heteroatoms. The fourth-order valence-electron chi connectivity index (χ4n) is 2.20. The summed E-state index contributed by atoms with van der Waals surface area (Å²) < 4.78 is 0. The second-order valence-electron chi connectivity index (χ2n) is 6.00. The fraction of sp³-hybridized carbons (Fsp3) is 0.500. The summed E-state index contributed by atoms with van der Waals surface area (Å²) in [5, 5.41) is 3.90. The first-order valence-corrected chi connectivity index (χ1v) is 8.16. The highest BCUT2D eigenvalue weighted by molar-refractivity contribution is 7.21. The summed E-state index contributed by atoms with van der Waals surface area (Å²) >= 11 is 1.36. The van der Waals surface area contributed by atoms with Gasteiger partial charge in [-0.2, -0.15) is 0 Å². The van der Waals surface area contributed by atoms with Gasteiger partial charge < -0.3 is 11.1 Å². The van der Waals surface area contributed by atoms with Crippen LogP contribution in [0.15, 0.2) is 12.1 Å². The van der Waals surface area contributed by atoms with Gasteiger partial charge in [0.05, 0.1) is 5.69 Å². The Labute approximate surface area is 129 Å². The maximum atomic E-state index is 12.4. The highest BCUT2D eigenvalue weighted by Crippen LogP contribution is 2.32. The number of carbonyl (C=O) groups excluding carboxylic acids is 1. The number of nitrogens with zero attached hydrogens (tertiary/aromatic N) is 1. The molecular weight excluding hydrogens is 282 g/mol. The minimum absolute atomic E-state index is 0.0931. The third-order valence-corrected chi connectivity index (χ3v) is 4.61. The Kier molecular flexibility index (Phi) is 4.83. The molecule has 0 aliphatic heterocycles. The van der Waals surface area contributed by atoms with Gasteiger partial charge in [-0.1, -0.05) is 13.8 Å². The number of carbonyl (C=O) groups is 1. The van der Waals surface area contributed by atoms with Gasteiger partial charge in [-0.15, -0.1) is 11.3 Å². The monoisotopic (exact) mass is 305 g/mol. The summed E-state index contributed by atoms with van der Waals surface area (Å²) in [4.78, 5) is 18.2. The van der Waals surface area contributed by atoms with E-state index in [4.69, 9.17) is 5.73 Å². The van der Waals surface area contributed by atoms with Crippen LogP contribution in [-0.4, -0.2) is 16.9 Å². The SMILES string of the molecule is Cc1ccc2c(N)c(C(=O)NC(C)CCC(C)C)sc2n1. The summed E-state index contributed by atoms with van der Waals surface area (Å²) in [6.07, 6.45) is 2.08. The zero-order chi connectivity index (χ0) is 15.6. The number of fused-ring (bicyclic) bond motifs is 1. The van der Waals surface area contributed by atoms with E-state index in [0.29, 0.717) is 16.5 Å². The van der Waals surface area contributed by atoms with E-state index >= 15 is 0 Å². The average molecular weight is 305 g/mol. The van der Waals surface area contributed by atoms with Crippen LogP contribution in [0.2, 0.25) is 0 Å². The number of aryl methyl sites for hydroxylation is 1. The lowest BCUT2D eigenvalue weighted by Gasteiger charge is -2.14. The molecule has 0 aliphatic carbocycles. The van der Waals surface area contributed by atoms with Crippen molar-refractivity contribution in [3.63, 3.8) is 0 Å². The van der Waals surface area contributed by atoms with E-state index in [1.54, 1.807) is 0 Å². The van der Waals surface area contributed by atoms with E-state index in [2.05, 4.69) is 24.1 Å². The maximum absolute atomic E-state index is 12.4. The van der Waals surface area contributed by atoms with E-state index < -0.39 is 0 Å². The minimum atomic E-state index is -0.0931. The van der Waals surface area contributed by atoms with E-state index in [9.17, 15) is 4.79 Å². The molecule has 2 aromatic rings. The van der Waals surface area contributed by atoms with Gasteiger partial charge in [-0.3, -0.25) is 4.79 Å². The van der Waals surface area contributed by atoms with Gasteiger partial charge in [-0.25, -0.2) is 4.98 Å². The first-order valence-electron chi connectivity index (χ1n) is 7.35. The highest BCUT2D eigenvalue weighted by atomic mass is 32.1. The number of rotatable bonds is 5. The predicted octanol–water partition coefficient (Wildman–Crippen LogP) is 3.74. The quantitative estimate of drug-likeness (QED) is 0.884. The number of hydrogen-bond acceptors (Lipinski definition) is 4. The topological polar surface area (TPSA) is 68.0 Å². The molecule has 0 spiro atoms. The van der Waals surface area contributed by atoms with Gasteiger partial charge in [0.15, 0.2) is 0 Å². The standard InChI is InChI=1S/C16H23N3OS/c1-9(2)5-6-10(3)18-15(20)14-13(17)12-8-7-11(4)19-16(12)21-14/h7-10H,5-6,17H2,1-4H3,(H,18,20). The molecule has 2 aromatic heterocycles. The van der Waals surface area contributed by atoms with Crippen molar-refractivity contribution in [2.45, 2.75) is 46.6 Å². The maximum Gasteiger partial charge on any atom is 0.263 e. The molecule has 0 saturated heterocycles. The number of nitrogens with one attached hydrogen (secondary N) is 1. The van der Waals surface area contributed by atoms with E-state index in [-0.39, 0.29) is 11.9 Å². The molecule has 1 unspecified atom stereocenters. The molecule has 0 saturated carbocycles. The second-order valence-corrected chi connectivity index (χ2v) is 6.99. The van der Waals surface area contributed by atoms with Gasteiger partial charge in [0, 0.05) is 17.1 Å². The van der Waals surface area contributed by atoms with Crippen molar-refractivity contribution in [3.05, 3.63) is 22.7 Å². The Hall–Kier alpha value is -1.62. The highest BCUT2D eigenvalue weighted by Gasteiger charge is 2.18. The van der Waals surface area contributed by atoms with Crippen molar-refractivity contribution < 1.29 is 4.79 Å². The Morgan fingerprint density at radius 3 is 2.71 bits per heavy atom. The van der Waals surface area contributed by atoms with E-state index in [1.165, 1.54) is 11.3 Å². The molecule has 1 amide bonds. The Bertz CT molecular complexity index is 648. The van der Waals surface area contributed by atoms with Gasteiger partial charge in [0.1, 0.15) is 9.71 Å². The van der Waals surface area contributed by atoms with Gasteiger partial charge in [0.25, 0.3) is 5.91 Å². The van der Waals surface area contributed by atoms with Crippen LogP contribution in [0.4, 0.5) is 5.69 Å². The molecule has 2 heterocycles. The molecule has 21 heavy (non-hydrogen) atoms. The molecule has 4 nitrogen and oxygen atoms in total. The van der Waals surface area contributed by atoms with Crippen LogP contribution in [-0.2, 0) is 0 Å². The molecular formula is C16H23N3OS. The molecule has 0 radical (unpaired) electrons. The summed E-state index contributed by atoms with van der Waals surface area (Å²) in [5.41, 5.74) is 7.57. The number of amides is 1. The predicted molar refractivity (Wildman–Crippen MR) is 89.8 cm³/mol. The number of hydrogen-bond donors (Lipinski definition) is 2. The van der Waals surface area contributed by atoms with Crippen molar-refractivity contribution in [1.82, 2.24) is 10.3 Å². The van der Waals surface area contributed by atoms with Gasteiger partial charge in [0.2, 0.25) is 0 Å². The van der Waals surface area contributed by atoms with Crippen LogP contribution < -0.4 is 11.1 Å². The molecule has 0 fully saturated rings. The molecule has 0 aromatic carbocycles. The van der Waals surface area contributed by atoms with Crippen LogP contribution in [0.25, 0.3) is 10.2 Å². The summed E-state index contributed by atoms with van der Waals surface area (Å²) in [6.45, 7) is 8.34. The zero-order valence-electron chi connectivity index (χ0n) is 13.1. The number of pyridine rings is 1. The van der Waals surface area contributed by atoms with Gasteiger partial charge in [-0.05, 0) is 44.7 Å². The van der Waals surface area contributed by atoms with Crippen LogP contribution >= 0.6 is 11.3 Å². The third kappa shape index (κ3) is 3.73. The number of nitrogens with two attached hydrogens (primary N) is 1. The molecule has 1 atom stereocenters. The van der Waals surface area contributed by atoms with Crippen molar-refractivity contribution in [2.75, 3.05) is 5.73 Å². The summed E-state index contributed by atoms with van der Waals surface area (Å²) in [7, 11) is 0. The second kappa shape index (κ2) is 6.43. The normalized spacial score (nSPS) is 12.8. The number of anilines is 1. The molecule has 114 valence electrons. The van der Waals surface area contributed by atoms with Crippen molar-refractivity contribution >= 4 is 33.1 Å². The van der Waals surface area contributed by atoms with Crippen molar-refractivity contribution in [3.8, 4) is 0 Å². The third-order valence-electron chi connectivity index (χ3n) is 3.49. The Balaban J connectivity index is 2.14. The lowest BCUT2D eigenvalue weighted by Crippen LogP contribution is -2.32. The Morgan fingerprint density at radius 1 is 1.33 bits per heavy atom. The van der Waals surface area contributed by atoms with Crippen LogP contribution in [0.3, 0.4) is 0 Å². The lowest BCUT2D eigenvalue weighted by atomic mass is 10.0. The minimum Gasteiger partial charge on any atom is -0.397 e. The molecule has 3 N–H and O–H groups in total. The average Bonchev–Trinajstić information content (AvgIpc) is 2.73. The fourth-order valence-corrected chi connectivity index (χ4v) is 3.25. The molecule has 0 aliphatic rings. The van der Waals surface area contributed by atoms with Crippen LogP contribution in [0, 0.1) is 12.8 Å². The first kappa shape index (κ1) is 15.8. The van der Waals surface area contributed by atoms with E-state index in [1.807, 2.05) is 26.0 Å². The summed E-state index contributed by atoms with van der Waals surface area (Å²) in [5.74, 6) is 0.551. The number of thiophene rings is 1. The van der Waals surface area contributed by atoms with Crippen molar-refractivity contribution in [2.24, 2.45) is 5.92 Å². The van der Waals surface area contributed by atoms with Crippen molar-refractivity contribution in [1.29, 1.82) is 0 Å². The number of aromatic nitrogens is 1. The van der Waals surface area contributed by atoms with Crippen LogP contribution in [0.5, 0.6) is 0 Å². The summed E-state index contributed by atoms with van der Waals surface area (Å²) in [6, 6.07) is 4.00. The van der Waals surface area contributed by atoms with Crippen LogP contribution in [0.1, 0.15) is 49.0 Å². The number of nitrogen functional groups attached to an aromatic ring is 1. The first-order chi connectivity index (χ1) is 9.88. The largest absolute Gasteiger partial charge is 0.397 e. The van der Waals surface area contributed by atoms with Gasteiger partial charge >= 0.3 is 0 Å².